The largest absolute Gasteiger partial charge is 0.472 e. The Morgan fingerprint density at radius 3 is 0.816 bits per heavy atom. The van der Waals surface area contributed by atoms with Gasteiger partial charge in [-0.1, -0.05) is 280 Å². The van der Waals surface area contributed by atoms with Crippen molar-refractivity contribution in [2.24, 2.45) is 23.7 Å². The number of phosphoric ester groups is 2. The van der Waals surface area contributed by atoms with Crippen molar-refractivity contribution in [1.82, 2.24) is 0 Å². The molecule has 0 amide bonds. The number of phosphoric acid groups is 2. The normalized spacial score (nSPS) is 15.0. The molecule has 0 aliphatic heterocycles. The highest BCUT2D eigenvalue weighted by atomic mass is 31.2. The van der Waals surface area contributed by atoms with Crippen LogP contribution >= 0.6 is 15.6 Å². The van der Waals surface area contributed by atoms with E-state index in [0.717, 1.165) is 120 Å². The van der Waals surface area contributed by atoms with Crippen LogP contribution in [0.2, 0.25) is 0 Å². The van der Waals surface area contributed by atoms with Crippen LogP contribution in [0.3, 0.4) is 0 Å². The van der Waals surface area contributed by atoms with Gasteiger partial charge < -0.3 is 33.8 Å². The van der Waals surface area contributed by atoms with Gasteiger partial charge >= 0.3 is 39.5 Å². The Morgan fingerprint density at radius 2 is 0.552 bits per heavy atom. The molecule has 0 radical (unpaired) electrons. The Balaban J connectivity index is 5.26. The predicted octanol–water partition coefficient (Wildman–Crippen LogP) is 18.9. The van der Waals surface area contributed by atoms with E-state index in [1.807, 2.05) is 0 Å². The number of carbonyl (C=O) groups is 4. The SMILES string of the molecule is CCC(C)CCCCCCCCCCC(=O)O[C@H](COC(=O)CCCCCCCCCCCCCC(C)C)COP(=O)(O)OC[C@@H](O)COP(=O)(O)OC[C@@H](COC(=O)CCCCCCCCC(C)CC)OC(=O)CCCCCCCCCCC(C)C. The van der Waals surface area contributed by atoms with Gasteiger partial charge in [-0.2, -0.15) is 0 Å². The Bertz CT molecular complexity index is 1730. The van der Waals surface area contributed by atoms with E-state index in [0.29, 0.717) is 25.7 Å². The molecule has 0 bridgehead atoms. The molecule has 0 aliphatic carbocycles. The summed E-state index contributed by atoms with van der Waals surface area (Å²) in [5.74, 6) is 0.854. The van der Waals surface area contributed by atoms with E-state index < -0.39 is 97.5 Å². The number of rotatable bonds is 65. The molecule has 4 unspecified atom stereocenters. The molecular weight excluding hydrogens is 1150 g/mol. The molecule has 0 aliphatic rings. The number of aliphatic hydroxyl groups is 1. The monoisotopic (exact) mass is 1280 g/mol. The van der Waals surface area contributed by atoms with Crippen molar-refractivity contribution in [3.05, 3.63) is 0 Å². The molecule has 17 nitrogen and oxygen atoms in total. The van der Waals surface area contributed by atoms with E-state index >= 15 is 0 Å². The van der Waals surface area contributed by atoms with Gasteiger partial charge in [-0.15, -0.1) is 0 Å². The number of ether oxygens (including phenoxy) is 4. The van der Waals surface area contributed by atoms with Crippen LogP contribution < -0.4 is 0 Å². The first-order valence-electron chi connectivity index (χ1n) is 35.3. The van der Waals surface area contributed by atoms with Gasteiger partial charge in [0, 0.05) is 25.7 Å². The molecular formula is C68H132O17P2. The van der Waals surface area contributed by atoms with Crippen LogP contribution in [-0.4, -0.2) is 96.7 Å². The maximum Gasteiger partial charge on any atom is 0.472 e. The van der Waals surface area contributed by atoms with Crippen molar-refractivity contribution in [2.45, 2.75) is 350 Å². The van der Waals surface area contributed by atoms with Crippen LogP contribution in [0.4, 0.5) is 0 Å². The number of hydrogen-bond donors (Lipinski definition) is 3. The molecule has 0 spiro atoms. The van der Waals surface area contributed by atoms with Crippen LogP contribution in [0.5, 0.6) is 0 Å². The highest BCUT2D eigenvalue weighted by Crippen LogP contribution is 2.45. The van der Waals surface area contributed by atoms with Gasteiger partial charge in [0.15, 0.2) is 12.2 Å². The quantitative estimate of drug-likeness (QED) is 0.0222. The fourth-order valence-electron chi connectivity index (χ4n) is 10.1. The molecule has 0 aromatic carbocycles. The fraction of sp³-hybridized carbons (Fsp3) is 0.941. The van der Waals surface area contributed by atoms with Gasteiger partial charge in [-0.3, -0.25) is 37.3 Å². The average Bonchev–Trinajstić information content (AvgIpc) is 3.69. The summed E-state index contributed by atoms with van der Waals surface area (Å²) in [6.07, 6.45) is 38.9. The first kappa shape index (κ1) is 85.1. The second kappa shape index (κ2) is 57.9. The van der Waals surface area contributed by atoms with Crippen LogP contribution in [0, 0.1) is 23.7 Å². The van der Waals surface area contributed by atoms with Crippen molar-refractivity contribution >= 4 is 39.5 Å². The second-order valence-electron chi connectivity index (χ2n) is 26.0. The summed E-state index contributed by atoms with van der Waals surface area (Å²) >= 11 is 0. The van der Waals surface area contributed by atoms with Crippen molar-refractivity contribution in [3.63, 3.8) is 0 Å². The van der Waals surface area contributed by atoms with E-state index in [1.54, 1.807) is 0 Å². The Morgan fingerprint density at radius 1 is 0.322 bits per heavy atom. The Hall–Kier alpha value is -1.94. The molecule has 3 N–H and O–H groups in total. The van der Waals surface area contributed by atoms with E-state index in [2.05, 4.69) is 55.4 Å². The molecule has 0 aromatic rings. The van der Waals surface area contributed by atoms with Crippen LogP contribution in [-0.2, 0) is 65.4 Å². The third kappa shape index (κ3) is 60.1. The second-order valence-corrected chi connectivity index (χ2v) is 28.9. The molecule has 516 valence electrons. The van der Waals surface area contributed by atoms with Gasteiger partial charge in [0.2, 0.25) is 0 Å². The van der Waals surface area contributed by atoms with Crippen LogP contribution in [0.15, 0.2) is 0 Å². The van der Waals surface area contributed by atoms with Gasteiger partial charge in [0.1, 0.15) is 19.3 Å². The maximum atomic E-state index is 13.0. The third-order valence-electron chi connectivity index (χ3n) is 16.3. The lowest BCUT2D eigenvalue weighted by Crippen LogP contribution is -2.30. The van der Waals surface area contributed by atoms with Gasteiger partial charge in [-0.05, 0) is 49.4 Å². The highest BCUT2D eigenvalue weighted by Gasteiger charge is 2.30. The van der Waals surface area contributed by atoms with Crippen molar-refractivity contribution in [3.8, 4) is 0 Å². The first-order chi connectivity index (χ1) is 41.7. The summed E-state index contributed by atoms with van der Waals surface area (Å²) in [4.78, 5) is 72.4. The first-order valence-corrected chi connectivity index (χ1v) is 38.3. The minimum Gasteiger partial charge on any atom is -0.462 e. The smallest absolute Gasteiger partial charge is 0.462 e. The number of esters is 4. The van der Waals surface area contributed by atoms with Gasteiger partial charge in [0.25, 0.3) is 0 Å². The minimum atomic E-state index is -4.95. The molecule has 0 aromatic heterocycles. The predicted molar refractivity (Wildman–Crippen MR) is 349 cm³/mol. The number of carbonyl (C=O) groups excluding carboxylic acids is 4. The van der Waals surface area contributed by atoms with E-state index in [-0.39, 0.29) is 25.7 Å². The average molecular weight is 1280 g/mol. The molecule has 0 fully saturated rings. The number of hydrogen-bond acceptors (Lipinski definition) is 15. The van der Waals surface area contributed by atoms with Crippen molar-refractivity contribution in [2.75, 3.05) is 39.6 Å². The number of unbranched alkanes of at least 4 members (excludes halogenated alkanes) is 29. The van der Waals surface area contributed by atoms with Crippen molar-refractivity contribution in [1.29, 1.82) is 0 Å². The summed E-state index contributed by atoms with van der Waals surface area (Å²) in [6.45, 7) is 14.0. The maximum absolute atomic E-state index is 13.0. The third-order valence-corrected chi connectivity index (χ3v) is 18.2. The molecule has 0 heterocycles. The molecule has 0 rings (SSSR count). The molecule has 0 saturated carbocycles. The lowest BCUT2D eigenvalue weighted by molar-refractivity contribution is -0.161. The zero-order chi connectivity index (χ0) is 64.7. The summed E-state index contributed by atoms with van der Waals surface area (Å²) in [6, 6.07) is 0. The molecule has 87 heavy (non-hydrogen) atoms. The Labute approximate surface area is 530 Å². The van der Waals surface area contributed by atoms with Crippen LogP contribution in [0.25, 0.3) is 0 Å². The minimum absolute atomic E-state index is 0.103. The summed E-state index contributed by atoms with van der Waals surface area (Å²) in [5.41, 5.74) is 0. The Kier molecular flexibility index (Phi) is 56.6. The van der Waals surface area contributed by atoms with E-state index in [1.165, 1.54) is 128 Å². The molecule has 19 heteroatoms. The van der Waals surface area contributed by atoms with Gasteiger partial charge in [0.05, 0.1) is 26.4 Å². The molecule has 7 atom stereocenters. The number of aliphatic hydroxyl groups excluding tert-OH is 1. The van der Waals surface area contributed by atoms with E-state index in [4.69, 9.17) is 37.0 Å². The van der Waals surface area contributed by atoms with E-state index in [9.17, 15) is 43.2 Å². The lowest BCUT2D eigenvalue weighted by Gasteiger charge is -2.21. The lowest BCUT2D eigenvalue weighted by atomic mass is 9.99. The van der Waals surface area contributed by atoms with Crippen LogP contribution in [0.1, 0.15) is 331 Å². The van der Waals surface area contributed by atoms with Gasteiger partial charge in [-0.25, -0.2) is 9.13 Å². The summed E-state index contributed by atoms with van der Waals surface area (Å²) in [7, 11) is -9.90. The van der Waals surface area contributed by atoms with Crippen molar-refractivity contribution < 1.29 is 80.2 Å². The zero-order valence-corrected chi connectivity index (χ0v) is 58.4. The fourth-order valence-corrected chi connectivity index (χ4v) is 11.7. The summed E-state index contributed by atoms with van der Waals surface area (Å²) in [5, 5.41) is 10.6. The summed E-state index contributed by atoms with van der Waals surface area (Å²) < 4.78 is 68.2. The topological polar surface area (TPSA) is 237 Å². The highest BCUT2D eigenvalue weighted by molar-refractivity contribution is 7.47. The standard InChI is InChI=1S/C68H132O17P2/c1-9-60(7)46-38-30-22-17-19-25-35-43-51-68(73)84-63(54-78-65(70)48-40-32-23-15-13-11-12-14-20-28-36-44-58(3)4)56-82-86(74,75)80-52-62(69)53-81-87(76,77)83-57-64(55-79-66(71)49-41-33-27-26-31-39-47-61(8)10-2)85-67(72)50-42-34-24-18-16-21-29-37-45-59(5)6/h58-64,69H,9-57H2,1-8H3,(H,74,75)(H,76,77)/t60?,61?,62-,63-,64-/m1/s1. The molecule has 0 saturated heterocycles. The zero-order valence-electron chi connectivity index (χ0n) is 56.6.